The van der Waals surface area contributed by atoms with Crippen LogP contribution in [0.15, 0.2) is 0 Å². The molecule has 0 aromatic rings. The number of rotatable bonds is 4. The summed E-state index contributed by atoms with van der Waals surface area (Å²) < 4.78 is 4.72. The molecule has 0 bridgehead atoms. The van der Waals surface area contributed by atoms with Crippen LogP contribution in [0.5, 0.6) is 0 Å². The van der Waals surface area contributed by atoms with Crippen molar-refractivity contribution in [1.29, 1.82) is 0 Å². The first-order valence-electron chi connectivity index (χ1n) is 6.21. The van der Waals surface area contributed by atoms with E-state index in [4.69, 9.17) is 4.74 Å². The molecule has 0 aliphatic carbocycles. The van der Waals surface area contributed by atoms with Gasteiger partial charge in [0.1, 0.15) is 6.04 Å². The second-order valence-corrected chi connectivity index (χ2v) is 4.88. The average molecular weight is 257 g/mol. The fraction of sp³-hybridized carbons (Fsp3) is 0.833. The Hall–Kier alpha value is -1.14. The van der Waals surface area contributed by atoms with Gasteiger partial charge < -0.3 is 15.0 Å². The number of methoxy groups -OCH3 is 1. The first-order chi connectivity index (χ1) is 8.43. The number of nitrogens with zero attached hydrogens (tertiary/aromatic N) is 2. The molecule has 6 nitrogen and oxygen atoms in total. The third-order valence-electron chi connectivity index (χ3n) is 3.25. The normalized spacial score (nSPS) is 23.4. The third kappa shape index (κ3) is 4.27. The number of hydrogen-bond donors (Lipinski definition) is 1. The topological polar surface area (TPSA) is 61.9 Å². The number of carbonyl (C=O) groups excluding carboxylic acids is 2. The highest BCUT2D eigenvalue weighted by Crippen LogP contribution is 2.08. The highest BCUT2D eigenvalue weighted by molar-refractivity contribution is 5.83. The van der Waals surface area contributed by atoms with Crippen LogP contribution < -0.4 is 5.32 Å². The number of hydrogen-bond acceptors (Lipinski definition) is 5. The van der Waals surface area contributed by atoms with Gasteiger partial charge in [-0.05, 0) is 14.0 Å². The number of amides is 1. The maximum Gasteiger partial charge on any atom is 0.329 e. The minimum Gasteiger partial charge on any atom is -0.467 e. The quantitative estimate of drug-likeness (QED) is 0.675. The Bertz CT molecular complexity index is 309. The van der Waals surface area contributed by atoms with Gasteiger partial charge in [-0.25, -0.2) is 4.79 Å². The lowest BCUT2D eigenvalue weighted by Gasteiger charge is -2.39. The molecule has 0 saturated carbocycles. The fourth-order valence-corrected chi connectivity index (χ4v) is 2.25. The van der Waals surface area contributed by atoms with Crippen molar-refractivity contribution in [2.45, 2.75) is 25.9 Å². The van der Waals surface area contributed by atoms with Crippen LogP contribution in [0.2, 0.25) is 0 Å². The van der Waals surface area contributed by atoms with E-state index < -0.39 is 12.0 Å². The van der Waals surface area contributed by atoms with E-state index in [1.54, 1.807) is 0 Å². The zero-order valence-electron chi connectivity index (χ0n) is 11.6. The molecule has 0 radical (unpaired) electrons. The number of esters is 1. The molecule has 1 heterocycles. The predicted molar refractivity (Wildman–Crippen MR) is 68.2 cm³/mol. The molecule has 1 rings (SSSR count). The van der Waals surface area contributed by atoms with Crippen LogP contribution in [0.3, 0.4) is 0 Å². The molecule has 104 valence electrons. The van der Waals surface area contributed by atoms with E-state index in [0.29, 0.717) is 12.6 Å². The summed E-state index contributed by atoms with van der Waals surface area (Å²) in [7, 11) is 3.42. The Morgan fingerprint density at radius 2 is 2.11 bits per heavy atom. The molecule has 2 atom stereocenters. The monoisotopic (exact) mass is 257 g/mol. The summed E-state index contributed by atoms with van der Waals surface area (Å²) in [4.78, 5) is 27.2. The first kappa shape index (κ1) is 14.9. The van der Waals surface area contributed by atoms with Gasteiger partial charge in [0.2, 0.25) is 5.91 Å². The van der Waals surface area contributed by atoms with Crippen molar-refractivity contribution >= 4 is 11.9 Å². The third-order valence-corrected chi connectivity index (χ3v) is 3.25. The molecule has 1 N–H and O–H groups in total. The van der Waals surface area contributed by atoms with E-state index in [1.807, 2.05) is 0 Å². The van der Waals surface area contributed by atoms with Gasteiger partial charge >= 0.3 is 5.97 Å². The Balaban J connectivity index is 2.59. The number of nitrogens with one attached hydrogen (secondary N) is 1. The van der Waals surface area contributed by atoms with Crippen molar-refractivity contribution < 1.29 is 14.3 Å². The molecule has 0 spiro atoms. The molecule has 2 unspecified atom stereocenters. The van der Waals surface area contributed by atoms with E-state index in [0.717, 1.165) is 19.6 Å². The van der Waals surface area contributed by atoms with E-state index in [-0.39, 0.29) is 5.91 Å². The molecule has 1 aliphatic heterocycles. The second kappa shape index (κ2) is 6.70. The summed E-state index contributed by atoms with van der Waals surface area (Å²) in [6.07, 6.45) is 0. The minimum atomic E-state index is -0.585. The van der Waals surface area contributed by atoms with Gasteiger partial charge in [0.05, 0.1) is 7.11 Å². The Labute approximate surface area is 108 Å². The highest BCUT2D eigenvalue weighted by atomic mass is 16.5. The summed E-state index contributed by atoms with van der Waals surface area (Å²) in [5.41, 5.74) is 0. The Kier molecular flexibility index (Phi) is 5.55. The van der Waals surface area contributed by atoms with Crippen LogP contribution in [-0.2, 0) is 14.3 Å². The Morgan fingerprint density at radius 3 is 2.61 bits per heavy atom. The van der Waals surface area contributed by atoms with E-state index in [1.165, 1.54) is 14.0 Å². The summed E-state index contributed by atoms with van der Waals surface area (Å²) >= 11 is 0. The van der Waals surface area contributed by atoms with Gasteiger partial charge in [-0.15, -0.1) is 0 Å². The predicted octanol–water partition coefficient (Wildman–Crippen LogP) is -0.700. The largest absolute Gasteiger partial charge is 0.467 e. The van der Waals surface area contributed by atoms with Crippen LogP contribution in [-0.4, -0.2) is 74.1 Å². The van der Waals surface area contributed by atoms with E-state index in [9.17, 15) is 9.59 Å². The second-order valence-electron chi connectivity index (χ2n) is 4.88. The fourth-order valence-electron chi connectivity index (χ4n) is 2.25. The number of likely N-dealkylation sites (N-methyl/N-ethyl adjacent to an activating group) is 1. The number of carbonyl (C=O) groups is 2. The summed E-state index contributed by atoms with van der Waals surface area (Å²) in [6, 6.07) is -0.219. The molecule has 1 fully saturated rings. The number of piperazine rings is 1. The smallest absolute Gasteiger partial charge is 0.329 e. The molecule has 18 heavy (non-hydrogen) atoms. The molecular formula is C12H23N3O3. The van der Waals surface area contributed by atoms with Gasteiger partial charge in [0.25, 0.3) is 0 Å². The van der Waals surface area contributed by atoms with Gasteiger partial charge in [-0.2, -0.15) is 0 Å². The van der Waals surface area contributed by atoms with Crippen molar-refractivity contribution in [3.05, 3.63) is 0 Å². The summed E-state index contributed by atoms with van der Waals surface area (Å²) in [5, 5.41) is 2.64. The molecule has 0 aromatic heterocycles. The lowest BCUT2D eigenvalue weighted by atomic mass is 10.1. The van der Waals surface area contributed by atoms with Gasteiger partial charge in [-0.1, -0.05) is 0 Å². The minimum absolute atomic E-state index is 0.216. The lowest BCUT2D eigenvalue weighted by Crippen LogP contribution is -2.56. The van der Waals surface area contributed by atoms with Crippen LogP contribution in [0.1, 0.15) is 13.8 Å². The van der Waals surface area contributed by atoms with Crippen LogP contribution >= 0.6 is 0 Å². The van der Waals surface area contributed by atoms with Crippen molar-refractivity contribution in [3.63, 3.8) is 0 Å². The first-order valence-corrected chi connectivity index (χ1v) is 6.21. The lowest BCUT2D eigenvalue weighted by molar-refractivity contribution is -0.145. The molecular weight excluding hydrogens is 234 g/mol. The van der Waals surface area contributed by atoms with Gasteiger partial charge in [0, 0.05) is 39.1 Å². The van der Waals surface area contributed by atoms with E-state index in [2.05, 4.69) is 29.1 Å². The van der Waals surface area contributed by atoms with Crippen molar-refractivity contribution in [2.24, 2.45) is 0 Å². The standard InChI is InChI=1S/C12H23N3O3/c1-9-7-14(3)5-6-15(9)8-11(12(17)18-4)13-10(2)16/h9,11H,5-8H2,1-4H3,(H,13,16). The SMILES string of the molecule is COC(=O)C(CN1CCN(C)CC1C)NC(C)=O. The molecule has 0 aromatic carbocycles. The molecule has 1 aliphatic rings. The van der Waals surface area contributed by atoms with Crippen molar-refractivity contribution in [2.75, 3.05) is 40.3 Å². The zero-order chi connectivity index (χ0) is 13.7. The number of ether oxygens (including phenoxy) is 1. The van der Waals surface area contributed by atoms with Crippen LogP contribution in [0, 0.1) is 0 Å². The van der Waals surface area contributed by atoms with Gasteiger partial charge in [0.15, 0.2) is 0 Å². The molecule has 1 saturated heterocycles. The van der Waals surface area contributed by atoms with Crippen molar-refractivity contribution in [1.82, 2.24) is 15.1 Å². The van der Waals surface area contributed by atoms with Gasteiger partial charge in [-0.3, -0.25) is 9.69 Å². The Morgan fingerprint density at radius 1 is 1.44 bits per heavy atom. The zero-order valence-corrected chi connectivity index (χ0v) is 11.6. The van der Waals surface area contributed by atoms with Crippen LogP contribution in [0.25, 0.3) is 0 Å². The summed E-state index contributed by atoms with van der Waals surface area (Å²) in [5.74, 6) is -0.608. The van der Waals surface area contributed by atoms with Crippen molar-refractivity contribution in [3.8, 4) is 0 Å². The summed E-state index contributed by atoms with van der Waals surface area (Å²) in [6.45, 7) is 6.86. The maximum absolute atomic E-state index is 11.6. The van der Waals surface area contributed by atoms with Crippen LogP contribution in [0.4, 0.5) is 0 Å². The molecule has 6 heteroatoms. The maximum atomic E-state index is 11.6. The van der Waals surface area contributed by atoms with E-state index >= 15 is 0 Å². The average Bonchev–Trinajstić information content (AvgIpc) is 2.30. The molecule has 1 amide bonds. The highest BCUT2D eigenvalue weighted by Gasteiger charge is 2.28.